The molecule has 0 radical (unpaired) electrons. The second-order valence-corrected chi connectivity index (χ2v) is 8.05. The average molecular weight is 415 g/mol. The fraction of sp³-hybridized carbons (Fsp3) is 0.0667. The van der Waals surface area contributed by atoms with Crippen LogP contribution in [0, 0.1) is 0 Å². The Labute approximate surface area is 189 Å². The molecule has 0 aliphatic heterocycles. The van der Waals surface area contributed by atoms with E-state index in [1.807, 2.05) is 6.08 Å². The molecule has 0 aliphatic carbocycles. The summed E-state index contributed by atoms with van der Waals surface area (Å²) >= 11 is 0. The Bertz CT molecular complexity index is 1450. The van der Waals surface area contributed by atoms with Gasteiger partial charge in [-0.1, -0.05) is 79.4 Å². The number of rotatable bonds is 5. The molecule has 2 nitrogen and oxygen atoms in total. The van der Waals surface area contributed by atoms with E-state index >= 15 is 0 Å². The molecule has 4 aromatic carbocycles. The molecule has 1 aromatic heterocycles. The summed E-state index contributed by atoms with van der Waals surface area (Å²) in [5.74, 6) is 0. The SMILES string of the molecule is C=C/C=C(/C)c1cc2ccccc2n1-c1ccc(N(C)c2ccccc2)c2ccccc12. The zero-order chi connectivity index (χ0) is 22.1. The average Bonchev–Trinajstić information content (AvgIpc) is 3.23. The number of anilines is 2. The summed E-state index contributed by atoms with van der Waals surface area (Å²) in [7, 11) is 2.13. The van der Waals surface area contributed by atoms with Gasteiger partial charge in [0.2, 0.25) is 0 Å². The van der Waals surface area contributed by atoms with Crippen LogP contribution in [-0.4, -0.2) is 11.6 Å². The Hall–Kier alpha value is -4.04. The third-order valence-corrected chi connectivity index (χ3v) is 6.11. The summed E-state index contributed by atoms with van der Waals surface area (Å²) in [5.41, 5.74) is 7.10. The molecule has 0 N–H and O–H groups in total. The lowest BCUT2D eigenvalue weighted by Crippen LogP contribution is -2.10. The van der Waals surface area contributed by atoms with E-state index in [0.29, 0.717) is 0 Å². The molecule has 0 spiro atoms. The first-order valence-electron chi connectivity index (χ1n) is 10.9. The van der Waals surface area contributed by atoms with Gasteiger partial charge >= 0.3 is 0 Å². The van der Waals surface area contributed by atoms with E-state index in [4.69, 9.17) is 0 Å². The summed E-state index contributed by atoms with van der Waals surface area (Å²) in [6, 6.07) is 34.5. The lowest BCUT2D eigenvalue weighted by atomic mass is 10.0. The number of fused-ring (bicyclic) bond motifs is 2. The standard InChI is InChI=1S/C30H26N2/c1-4-12-22(2)30-21-23-13-8-11-18-27(23)32(30)29-20-19-28(25-16-9-10-17-26(25)29)31(3)24-14-6-5-7-15-24/h4-21H,1H2,2-3H3/b22-12-. The van der Waals surface area contributed by atoms with E-state index in [-0.39, 0.29) is 0 Å². The molecule has 32 heavy (non-hydrogen) atoms. The summed E-state index contributed by atoms with van der Waals surface area (Å²) in [6.07, 6.45) is 3.93. The Balaban J connectivity index is 1.79. The van der Waals surface area contributed by atoms with E-state index in [1.54, 1.807) is 0 Å². The van der Waals surface area contributed by atoms with E-state index in [1.165, 1.54) is 50.0 Å². The van der Waals surface area contributed by atoms with Crippen LogP contribution in [0.25, 0.3) is 32.9 Å². The first-order chi connectivity index (χ1) is 15.7. The van der Waals surface area contributed by atoms with Crippen molar-refractivity contribution >= 4 is 38.6 Å². The molecule has 0 aliphatic rings. The van der Waals surface area contributed by atoms with E-state index < -0.39 is 0 Å². The Kier molecular flexibility index (Phi) is 5.12. The highest BCUT2D eigenvalue weighted by Crippen LogP contribution is 2.37. The minimum atomic E-state index is 1.17. The van der Waals surface area contributed by atoms with Crippen LogP contribution in [0.2, 0.25) is 0 Å². The van der Waals surface area contributed by atoms with Crippen molar-refractivity contribution < 1.29 is 0 Å². The normalized spacial score (nSPS) is 11.8. The molecule has 0 saturated carbocycles. The largest absolute Gasteiger partial charge is 0.344 e. The van der Waals surface area contributed by atoms with Gasteiger partial charge in [0.25, 0.3) is 0 Å². The minimum Gasteiger partial charge on any atom is -0.344 e. The van der Waals surface area contributed by atoms with Gasteiger partial charge in [-0.2, -0.15) is 0 Å². The van der Waals surface area contributed by atoms with Crippen molar-refractivity contribution in [3.8, 4) is 5.69 Å². The Morgan fingerprint density at radius 1 is 0.812 bits per heavy atom. The van der Waals surface area contributed by atoms with Crippen LogP contribution < -0.4 is 4.90 Å². The van der Waals surface area contributed by atoms with E-state index in [2.05, 4.69) is 133 Å². The number of allylic oxidation sites excluding steroid dienone is 3. The molecule has 0 fully saturated rings. The van der Waals surface area contributed by atoms with Crippen molar-refractivity contribution in [2.75, 3.05) is 11.9 Å². The van der Waals surface area contributed by atoms with Gasteiger partial charge in [0.15, 0.2) is 0 Å². The highest BCUT2D eigenvalue weighted by Gasteiger charge is 2.16. The highest BCUT2D eigenvalue weighted by molar-refractivity contribution is 6.02. The fourth-order valence-electron chi connectivity index (χ4n) is 4.51. The third-order valence-electron chi connectivity index (χ3n) is 6.11. The maximum atomic E-state index is 3.90. The zero-order valence-corrected chi connectivity index (χ0v) is 18.5. The number of benzene rings is 4. The topological polar surface area (TPSA) is 8.17 Å². The van der Waals surface area contributed by atoms with Gasteiger partial charge < -0.3 is 9.47 Å². The van der Waals surface area contributed by atoms with Crippen molar-refractivity contribution in [2.24, 2.45) is 0 Å². The molecule has 1 heterocycles. The molecule has 0 atom stereocenters. The Morgan fingerprint density at radius 2 is 1.50 bits per heavy atom. The van der Waals surface area contributed by atoms with Crippen molar-refractivity contribution in [3.63, 3.8) is 0 Å². The van der Waals surface area contributed by atoms with E-state index in [9.17, 15) is 0 Å². The van der Waals surface area contributed by atoms with Crippen LogP contribution in [0.1, 0.15) is 12.6 Å². The molecule has 0 amide bonds. The summed E-state index contributed by atoms with van der Waals surface area (Å²) < 4.78 is 2.37. The summed E-state index contributed by atoms with van der Waals surface area (Å²) in [6.45, 7) is 6.05. The second kappa shape index (κ2) is 8.24. The lowest BCUT2D eigenvalue weighted by molar-refractivity contribution is 1.10. The van der Waals surface area contributed by atoms with Crippen LogP contribution in [0.4, 0.5) is 11.4 Å². The molecule has 0 bridgehead atoms. The van der Waals surface area contributed by atoms with Crippen LogP contribution in [-0.2, 0) is 0 Å². The highest BCUT2D eigenvalue weighted by atomic mass is 15.1. The molecule has 0 saturated heterocycles. The van der Waals surface area contributed by atoms with Gasteiger partial charge in [-0.25, -0.2) is 0 Å². The number of hydrogen-bond donors (Lipinski definition) is 0. The predicted molar refractivity (Wildman–Crippen MR) is 139 cm³/mol. The fourth-order valence-corrected chi connectivity index (χ4v) is 4.51. The minimum absolute atomic E-state index is 1.17. The number of nitrogens with zero attached hydrogens (tertiary/aromatic N) is 2. The monoisotopic (exact) mass is 414 g/mol. The Morgan fingerprint density at radius 3 is 2.28 bits per heavy atom. The molecule has 5 aromatic rings. The maximum absolute atomic E-state index is 3.90. The lowest BCUT2D eigenvalue weighted by Gasteiger charge is -2.23. The van der Waals surface area contributed by atoms with Crippen LogP contribution in [0.5, 0.6) is 0 Å². The van der Waals surface area contributed by atoms with Crippen molar-refractivity contribution in [3.05, 3.63) is 121 Å². The molecule has 5 rings (SSSR count). The summed E-state index contributed by atoms with van der Waals surface area (Å²) in [4.78, 5) is 2.25. The third kappa shape index (κ3) is 3.30. The van der Waals surface area contributed by atoms with Crippen molar-refractivity contribution in [1.82, 2.24) is 4.57 Å². The van der Waals surface area contributed by atoms with Gasteiger partial charge in [0.05, 0.1) is 11.2 Å². The van der Waals surface area contributed by atoms with E-state index in [0.717, 1.165) is 0 Å². The van der Waals surface area contributed by atoms with Gasteiger partial charge in [-0.15, -0.1) is 0 Å². The second-order valence-electron chi connectivity index (χ2n) is 8.05. The number of hydrogen-bond acceptors (Lipinski definition) is 1. The maximum Gasteiger partial charge on any atom is 0.0541 e. The molecule has 0 unspecified atom stereocenters. The molecule has 156 valence electrons. The van der Waals surface area contributed by atoms with Gasteiger partial charge in [0.1, 0.15) is 0 Å². The van der Waals surface area contributed by atoms with Gasteiger partial charge in [-0.05, 0) is 48.9 Å². The molecular formula is C30H26N2. The van der Waals surface area contributed by atoms with Crippen LogP contribution in [0.15, 0.2) is 116 Å². The number of para-hydroxylation sites is 2. The quantitative estimate of drug-likeness (QED) is 0.263. The van der Waals surface area contributed by atoms with Crippen molar-refractivity contribution in [2.45, 2.75) is 6.92 Å². The predicted octanol–water partition coefficient (Wildman–Crippen LogP) is 8.14. The van der Waals surface area contributed by atoms with Gasteiger partial charge in [-0.3, -0.25) is 0 Å². The van der Waals surface area contributed by atoms with Crippen LogP contribution in [0.3, 0.4) is 0 Å². The smallest absolute Gasteiger partial charge is 0.0541 e. The van der Waals surface area contributed by atoms with Crippen LogP contribution >= 0.6 is 0 Å². The zero-order valence-electron chi connectivity index (χ0n) is 18.5. The van der Waals surface area contributed by atoms with Crippen molar-refractivity contribution in [1.29, 1.82) is 0 Å². The first kappa shape index (κ1) is 19.9. The number of aromatic nitrogens is 1. The van der Waals surface area contributed by atoms with Gasteiger partial charge in [0, 0.05) is 40.3 Å². The summed E-state index contributed by atoms with van der Waals surface area (Å²) in [5, 5.41) is 3.68. The molecule has 2 heteroatoms. The molecular weight excluding hydrogens is 388 g/mol. The first-order valence-corrected chi connectivity index (χ1v) is 10.9.